The highest BCUT2D eigenvalue weighted by atomic mass is 16.5. The lowest BCUT2D eigenvalue weighted by molar-refractivity contribution is -0.136. The number of hydrogen-bond acceptors (Lipinski definition) is 4. The summed E-state index contributed by atoms with van der Waals surface area (Å²) < 4.78 is 11.4. The van der Waals surface area contributed by atoms with Gasteiger partial charge in [-0.25, -0.2) is 0 Å². The second kappa shape index (κ2) is 6.89. The van der Waals surface area contributed by atoms with E-state index in [0.29, 0.717) is 5.92 Å². The monoisotopic (exact) mass is 332 g/mol. The zero-order chi connectivity index (χ0) is 16.4. The van der Waals surface area contributed by atoms with E-state index in [9.17, 15) is 4.79 Å². The van der Waals surface area contributed by atoms with E-state index in [-0.39, 0.29) is 17.9 Å². The topological polar surface area (TPSA) is 45.9 Å². The molecule has 1 aromatic rings. The van der Waals surface area contributed by atoms with Crippen molar-refractivity contribution in [3.63, 3.8) is 0 Å². The van der Waals surface area contributed by atoms with E-state index in [4.69, 9.17) is 9.15 Å². The molecule has 1 aromatic heterocycles. The standard InChI is InChI=1S/C19H28N2O3/c22-18(21-8-1-2-9-21)13-23-15-19-7-3-5-16(19)11-20(14-19)12-17-6-4-10-24-17/h4,6,10,16H,1-3,5,7-9,11-15H2/t16-,19+/m0/s1. The quantitative estimate of drug-likeness (QED) is 0.803. The van der Waals surface area contributed by atoms with Crippen LogP contribution in [0.15, 0.2) is 22.8 Å². The minimum Gasteiger partial charge on any atom is -0.468 e. The molecule has 132 valence electrons. The molecule has 24 heavy (non-hydrogen) atoms. The molecule has 0 N–H and O–H groups in total. The second-order valence-corrected chi connectivity index (χ2v) is 7.78. The van der Waals surface area contributed by atoms with Crippen LogP contribution < -0.4 is 0 Å². The van der Waals surface area contributed by atoms with Gasteiger partial charge < -0.3 is 14.1 Å². The number of hydrogen-bond donors (Lipinski definition) is 0. The molecule has 2 atom stereocenters. The van der Waals surface area contributed by atoms with Crippen molar-refractivity contribution in [2.75, 3.05) is 39.4 Å². The van der Waals surface area contributed by atoms with Crippen molar-refractivity contribution < 1.29 is 13.9 Å². The predicted octanol–water partition coefficient (Wildman–Crippen LogP) is 2.52. The second-order valence-electron chi connectivity index (χ2n) is 7.78. The SMILES string of the molecule is O=C(COC[C@]12CCC[C@H]1CN(Cc1ccco1)C2)N1CCCC1. The average Bonchev–Trinajstić information content (AvgIpc) is 3.32. The lowest BCUT2D eigenvalue weighted by Gasteiger charge is -2.29. The third-order valence-corrected chi connectivity index (χ3v) is 6.14. The van der Waals surface area contributed by atoms with Crippen LogP contribution in [0.1, 0.15) is 37.9 Å². The molecule has 3 heterocycles. The van der Waals surface area contributed by atoms with Gasteiger partial charge in [-0.1, -0.05) is 6.42 Å². The summed E-state index contributed by atoms with van der Waals surface area (Å²) in [5.74, 6) is 1.91. The molecule has 1 amide bonds. The molecule has 0 spiro atoms. The number of carbonyl (C=O) groups excluding carboxylic acids is 1. The van der Waals surface area contributed by atoms with Gasteiger partial charge in [-0.15, -0.1) is 0 Å². The van der Waals surface area contributed by atoms with Gasteiger partial charge in [0, 0.05) is 31.6 Å². The lowest BCUT2D eigenvalue weighted by atomic mass is 9.81. The van der Waals surface area contributed by atoms with Gasteiger partial charge in [-0.2, -0.15) is 0 Å². The number of ether oxygens (including phenoxy) is 1. The molecule has 2 aliphatic heterocycles. The van der Waals surface area contributed by atoms with Crippen molar-refractivity contribution in [1.29, 1.82) is 0 Å². The smallest absolute Gasteiger partial charge is 0.248 e. The highest BCUT2D eigenvalue weighted by Gasteiger charge is 2.49. The first-order valence-electron chi connectivity index (χ1n) is 9.35. The fourth-order valence-electron chi connectivity index (χ4n) is 4.90. The summed E-state index contributed by atoms with van der Waals surface area (Å²) in [6.45, 7) is 5.89. The summed E-state index contributed by atoms with van der Waals surface area (Å²) in [6, 6.07) is 4.00. The Bertz CT molecular complexity index is 553. The Balaban J connectivity index is 1.30. The van der Waals surface area contributed by atoms with E-state index >= 15 is 0 Å². The van der Waals surface area contributed by atoms with Gasteiger partial charge in [0.2, 0.25) is 5.91 Å². The molecule has 1 saturated carbocycles. The molecule has 3 fully saturated rings. The van der Waals surface area contributed by atoms with Crippen LogP contribution in [0.5, 0.6) is 0 Å². The number of likely N-dealkylation sites (tertiary alicyclic amines) is 2. The van der Waals surface area contributed by atoms with Crippen molar-refractivity contribution in [1.82, 2.24) is 9.80 Å². The highest BCUT2D eigenvalue weighted by Crippen LogP contribution is 2.49. The molecule has 3 aliphatic rings. The number of furan rings is 1. The molecular weight excluding hydrogens is 304 g/mol. The van der Waals surface area contributed by atoms with Crippen molar-refractivity contribution in [2.45, 2.75) is 38.6 Å². The van der Waals surface area contributed by atoms with Crippen LogP contribution in [0, 0.1) is 11.3 Å². The fourth-order valence-corrected chi connectivity index (χ4v) is 4.90. The van der Waals surface area contributed by atoms with Crippen LogP contribution in [0.25, 0.3) is 0 Å². The maximum absolute atomic E-state index is 12.2. The van der Waals surface area contributed by atoms with E-state index in [1.54, 1.807) is 6.26 Å². The zero-order valence-corrected chi connectivity index (χ0v) is 14.4. The van der Waals surface area contributed by atoms with Crippen molar-refractivity contribution in [2.24, 2.45) is 11.3 Å². The Kier molecular flexibility index (Phi) is 4.63. The molecule has 5 heteroatoms. The first-order chi connectivity index (χ1) is 11.8. The van der Waals surface area contributed by atoms with Gasteiger partial charge in [0.1, 0.15) is 12.4 Å². The molecule has 0 unspecified atom stereocenters. The molecule has 1 aliphatic carbocycles. The van der Waals surface area contributed by atoms with E-state index < -0.39 is 0 Å². The molecule has 2 saturated heterocycles. The van der Waals surface area contributed by atoms with Crippen LogP contribution >= 0.6 is 0 Å². The number of fused-ring (bicyclic) bond motifs is 1. The summed E-state index contributed by atoms with van der Waals surface area (Å²) in [7, 11) is 0. The first-order valence-corrected chi connectivity index (χ1v) is 9.35. The summed E-state index contributed by atoms with van der Waals surface area (Å²) in [5.41, 5.74) is 0.248. The molecule has 0 aromatic carbocycles. The molecular formula is C19H28N2O3. The Morgan fingerprint density at radius 1 is 1.33 bits per heavy atom. The highest BCUT2D eigenvalue weighted by molar-refractivity contribution is 5.77. The minimum absolute atomic E-state index is 0.170. The van der Waals surface area contributed by atoms with Crippen LogP contribution in [0.3, 0.4) is 0 Å². The van der Waals surface area contributed by atoms with E-state index in [1.807, 2.05) is 17.0 Å². The Hall–Kier alpha value is -1.33. The van der Waals surface area contributed by atoms with Gasteiger partial charge in [0.25, 0.3) is 0 Å². The summed E-state index contributed by atoms with van der Waals surface area (Å²) in [4.78, 5) is 16.6. The van der Waals surface area contributed by atoms with Crippen molar-refractivity contribution in [3.8, 4) is 0 Å². The summed E-state index contributed by atoms with van der Waals surface area (Å²) in [6.07, 6.45) is 7.83. The fraction of sp³-hybridized carbons (Fsp3) is 0.737. The average molecular weight is 332 g/mol. The normalized spacial score (nSPS) is 30.2. The summed E-state index contributed by atoms with van der Waals surface area (Å²) >= 11 is 0. The van der Waals surface area contributed by atoms with Crippen molar-refractivity contribution in [3.05, 3.63) is 24.2 Å². The zero-order valence-electron chi connectivity index (χ0n) is 14.4. The first kappa shape index (κ1) is 16.2. The maximum atomic E-state index is 12.2. The van der Waals surface area contributed by atoms with Gasteiger partial charge >= 0.3 is 0 Å². The van der Waals surface area contributed by atoms with Gasteiger partial charge in [0.15, 0.2) is 0 Å². The van der Waals surface area contributed by atoms with Gasteiger partial charge in [-0.3, -0.25) is 9.69 Å². The third kappa shape index (κ3) is 3.24. The Morgan fingerprint density at radius 2 is 2.21 bits per heavy atom. The van der Waals surface area contributed by atoms with Crippen LogP contribution in [-0.2, 0) is 16.1 Å². The minimum atomic E-state index is 0.170. The number of amides is 1. The Labute approximate surface area is 143 Å². The van der Waals surface area contributed by atoms with Gasteiger partial charge in [-0.05, 0) is 43.7 Å². The van der Waals surface area contributed by atoms with E-state index in [0.717, 1.165) is 57.9 Å². The van der Waals surface area contributed by atoms with Crippen LogP contribution in [0.4, 0.5) is 0 Å². The molecule has 0 radical (unpaired) electrons. The lowest BCUT2D eigenvalue weighted by Crippen LogP contribution is -2.36. The molecule has 5 nitrogen and oxygen atoms in total. The molecule has 4 rings (SSSR count). The third-order valence-electron chi connectivity index (χ3n) is 6.14. The maximum Gasteiger partial charge on any atom is 0.248 e. The molecule has 0 bridgehead atoms. The Morgan fingerprint density at radius 3 is 3.00 bits per heavy atom. The van der Waals surface area contributed by atoms with E-state index in [2.05, 4.69) is 4.90 Å². The van der Waals surface area contributed by atoms with Gasteiger partial charge in [0.05, 0.1) is 19.4 Å². The summed E-state index contributed by atoms with van der Waals surface area (Å²) in [5, 5.41) is 0. The van der Waals surface area contributed by atoms with Crippen LogP contribution in [0.2, 0.25) is 0 Å². The van der Waals surface area contributed by atoms with Crippen molar-refractivity contribution >= 4 is 5.91 Å². The number of nitrogens with zero attached hydrogens (tertiary/aromatic N) is 2. The van der Waals surface area contributed by atoms with Crippen LogP contribution in [-0.4, -0.2) is 55.1 Å². The predicted molar refractivity (Wildman–Crippen MR) is 90.4 cm³/mol. The number of rotatable bonds is 6. The van der Waals surface area contributed by atoms with E-state index in [1.165, 1.54) is 19.3 Å². The largest absolute Gasteiger partial charge is 0.468 e. The number of carbonyl (C=O) groups is 1.